The fraction of sp³-hybridized carbons (Fsp3) is 0.647. The Morgan fingerprint density at radius 2 is 1.77 bits per heavy atom. The smallest absolute Gasteiger partial charge is 0.331 e. The van der Waals surface area contributed by atoms with Crippen LogP contribution in [0.5, 0.6) is 0 Å². The van der Waals surface area contributed by atoms with Gasteiger partial charge in [-0.3, -0.25) is 14.4 Å². The molecule has 9 heteroatoms. The summed E-state index contributed by atoms with van der Waals surface area (Å²) >= 11 is 0. The first-order valence-electron chi connectivity index (χ1n) is 15.8. The van der Waals surface area contributed by atoms with Gasteiger partial charge in [-0.05, 0) is 73.4 Å². The van der Waals surface area contributed by atoms with Gasteiger partial charge in [-0.25, -0.2) is 4.79 Å². The van der Waals surface area contributed by atoms with Crippen molar-refractivity contribution in [2.75, 3.05) is 13.7 Å². The van der Waals surface area contributed by atoms with E-state index >= 15 is 0 Å². The van der Waals surface area contributed by atoms with Crippen LogP contribution in [0.25, 0.3) is 0 Å². The second-order valence-corrected chi connectivity index (χ2v) is 18.6. The lowest BCUT2D eigenvalue weighted by atomic mass is 9.85. The molecule has 3 aliphatic rings. The van der Waals surface area contributed by atoms with Crippen molar-refractivity contribution in [2.24, 2.45) is 29.6 Å². The number of hydrogen-bond acceptors (Lipinski definition) is 6. The van der Waals surface area contributed by atoms with Gasteiger partial charge in [0.05, 0.1) is 19.6 Å². The highest BCUT2D eigenvalue weighted by Gasteiger charge is 2.44. The van der Waals surface area contributed by atoms with Crippen molar-refractivity contribution in [2.45, 2.75) is 96.5 Å². The number of methoxy groups -OCH3 is 1. The minimum absolute atomic E-state index is 0.160. The topological polar surface area (TPSA) is 111 Å². The van der Waals surface area contributed by atoms with E-state index in [4.69, 9.17) is 9.16 Å². The molecular weight excluding hydrogens is 560 g/mol. The van der Waals surface area contributed by atoms with Crippen molar-refractivity contribution < 1.29 is 28.3 Å². The first-order chi connectivity index (χ1) is 20.2. The molecule has 43 heavy (non-hydrogen) atoms. The number of allylic oxidation sites excluding steroid dienone is 7. The molecule has 238 valence electrons. The molecule has 8 nitrogen and oxygen atoms in total. The third kappa shape index (κ3) is 9.60. The summed E-state index contributed by atoms with van der Waals surface area (Å²) in [6, 6.07) is -1.11. The van der Waals surface area contributed by atoms with Crippen LogP contribution in [0, 0.1) is 29.6 Å². The normalized spacial score (nSPS) is 33.7. The Morgan fingerprint density at radius 1 is 1.02 bits per heavy atom. The molecule has 7 atom stereocenters. The van der Waals surface area contributed by atoms with Crippen LogP contribution >= 0.6 is 0 Å². The summed E-state index contributed by atoms with van der Waals surface area (Å²) < 4.78 is 11.6. The zero-order chi connectivity index (χ0) is 31.8. The average Bonchev–Trinajstić information content (AvgIpc) is 3.46. The first kappa shape index (κ1) is 34.7. The maximum absolute atomic E-state index is 13.0. The van der Waals surface area contributed by atoms with E-state index in [-0.39, 0.29) is 42.5 Å². The highest BCUT2D eigenvalue weighted by molar-refractivity contribution is 6.74. The Hall–Kier alpha value is -2.78. The molecule has 0 aromatic rings. The van der Waals surface area contributed by atoms with Gasteiger partial charge in [-0.1, -0.05) is 70.2 Å². The molecular formula is C34H52N2O6Si. The van der Waals surface area contributed by atoms with Gasteiger partial charge < -0.3 is 19.8 Å². The van der Waals surface area contributed by atoms with Gasteiger partial charge in [-0.15, -0.1) is 0 Å². The molecule has 1 aliphatic heterocycles. The van der Waals surface area contributed by atoms with Crippen molar-refractivity contribution in [1.29, 1.82) is 0 Å². The Bertz CT molecular complexity index is 1130. The largest absolute Gasteiger partial charge is 0.467 e. The SMILES string of the molecule is COC(=O)[C@H]1NC(=O)CC(=O)CC/C=C/[C@@H]2C[C@H]3[C@H](C=C[C@@H]3C)[C@H]2C/C=C\C=C\C(=O)NCC[C@@H]1O[Si](C)(C)C(C)(C)C. The number of ether oxygens (including phenoxy) is 1. The fourth-order valence-corrected chi connectivity index (χ4v) is 7.60. The third-order valence-corrected chi connectivity index (χ3v) is 14.3. The predicted octanol–water partition coefficient (Wildman–Crippen LogP) is 5.43. The summed E-state index contributed by atoms with van der Waals surface area (Å²) in [5, 5.41) is 5.44. The van der Waals surface area contributed by atoms with Crippen LogP contribution in [-0.2, 0) is 28.3 Å². The number of fused-ring (bicyclic) bond motifs is 3. The summed E-state index contributed by atoms with van der Waals surface area (Å²) in [6.07, 6.45) is 18.5. The summed E-state index contributed by atoms with van der Waals surface area (Å²) in [7, 11) is -1.13. The first-order valence-corrected chi connectivity index (χ1v) is 18.7. The molecule has 3 rings (SSSR count). The minimum Gasteiger partial charge on any atom is -0.467 e. The number of amides is 2. The number of carbonyl (C=O) groups excluding carboxylic acids is 4. The van der Waals surface area contributed by atoms with E-state index in [1.807, 2.05) is 6.08 Å². The lowest BCUT2D eigenvalue weighted by Gasteiger charge is -2.41. The van der Waals surface area contributed by atoms with Crippen molar-refractivity contribution >= 4 is 31.9 Å². The number of rotatable bonds is 3. The van der Waals surface area contributed by atoms with Gasteiger partial charge >= 0.3 is 5.97 Å². The van der Waals surface area contributed by atoms with E-state index in [1.54, 1.807) is 6.08 Å². The molecule has 0 unspecified atom stereocenters. The van der Waals surface area contributed by atoms with E-state index in [0.29, 0.717) is 36.0 Å². The van der Waals surface area contributed by atoms with Crippen LogP contribution in [-0.4, -0.2) is 57.7 Å². The standard InChI is InChI=1S/C34H52N2O6Si/c1-23-17-18-27-26-15-9-8-10-16-30(38)35-20-19-29(42-43(6,7)34(2,3)4)32(33(40)41-5)36-31(39)22-25(37)14-12-11-13-24(26)21-28(23)27/h8-11,13,16-18,23-24,26-29,32H,12,14-15,19-22H2,1-7H3,(H,35,38)(H,36,39)/b9-8-,13-11+,16-10+/t23-,24+,26-,27+,28+,29-,32-/m0/s1. The van der Waals surface area contributed by atoms with Crippen molar-refractivity contribution in [3.05, 3.63) is 48.6 Å². The van der Waals surface area contributed by atoms with Gasteiger partial charge in [0.1, 0.15) is 5.78 Å². The van der Waals surface area contributed by atoms with Crippen LogP contribution in [0.3, 0.4) is 0 Å². The molecule has 2 amide bonds. The Kier molecular flexibility index (Phi) is 12.3. The number of nitrogens with one attached hydrogen (secondary N) is 2. The lowest BCUT2D eigenvalue weighted by Crippen LogP contribution is -2.56. The average molecular weight is 613 g/mol. The molecule has 0 radical (unpaired) electrons. The van der Waals surface area contributed by atoms with Crippen LogP contribution in [0.15, 0.2) is 48.6 Å². The molecule has 2 N–H and O–H groups in total. The molecule has 1 heterocycles. The number of esters is 1. The number of ketones is 1. The maximum atomic E-state index is 13.0. The van der Waals surface area contributed by atoms with E-state index in [9.17, 15) is 19.2 Å². The molecule has 1 saturated carbocycles. The zero-order valence-electron chi connectivity index (χ0n) is 27.1. The zero-order valence-corrected chi connectivity index (χ0v) is 28.1. The molecule has 0 aromatic carbocycles. The summed E-state index contributed by atoms with van der Waals surface area (Å²) in [6.45, 7) is 12.9. The van der Waals surface area contributed by atoms with E-state index < -0.39 is 32.3 Å². The highest BCUT2D eigenvalue weighted by atomic mass is 28.4. The van der Waals surface area contributed by atoms with Gasteiger partial charge in [0, 0.05) is 19.0 Å². The highest BCUT2D eigenvalue weighted by Crippen LogP contribution is 2.51. The molecule has 1 fully saturated rings. The van der Waals surface area contributed by atoms with Crippen LogP contribution in [0.4, 0.5) is 0 Å². The van der Waals surface area contributed by atoms with Crippen LogP contribution in [0.1, 0.15) is 66.2 Å². The minimum atomic E-state index is -2.39. The van der Waals surface area contributed by atoms with Gasteiger partial charge in [0.25, 0.3) is 0 Å². The molecule has 0 saturated heterocycles. The Morgan fingerprint density at radius 3 is 2.47 bits per heavy atom. The Balaban J connectivity index is 1.81. The van der Waals surface area contributed by atoms with Gasteiger partial charge in [0.2, 0.25) is 11.8 Å². The molecule has 0 aromatic heterocycles. The summed E-state index contributed by atoms with van der Waals surface area (Å²) in [5.74, 6) is 1.02. The second-order valence-electron chi connectivity index (χ2n) is 13.8. The number of carbonyl (C=O) groups is 4. The number of hydrogen-bond donors (Lipinski definition) is 2. The summed E-state index contributed by atoms with van der Waals surface area (Å²) in [5.41, 5.74) is 0. The van der Waals surface area contributed by atoms with E-state index in [0.717, 1.165) is 12.8 Å². The molecule has 0 bridgehead atoms. The van der Waals surface area contributed by atoms with Gasteiger partial charge in [-0.2, -0.15) is 0 Å². The fourth-order valence-electron chi connectivity index (χ4n) is 6.24. The van der Waals surface area contributed by atoms with Gasteiger partial charge in [0.15, 0.2) is 14.4 Å². The maximum Gasteiger partial charge on any atom is 0.331 e. The Labute approximate surface area is 258 Å². The summed E-state index contributed by atoms with van der Waals surface area (Å²) in [4.78, 5) is 51.3. The molecule has 2 aliphatic carbocycles. The third-order valence-electron chi connectivity index (χ3n) is 9.75. The van der Waals surface area contributed by atoms with Crippen molar-refractivity contribution in [1.82, 2.24) is 10.6 Å². The van der Waals surface area contributed by atoms with E-state index in [1.165, 1.54) is 13.2 Å². The lowest BCUT2D eigenvalue weighted by molar-refractivity contribution is -0.148. The van der Waals surface area contributed by atoms with E-state index in [2.05, 4.69) is 81.8 Å². The molecule has 0 spiro atoms. The monoisotopic (exact) mass is 612 g/mol. The second kappa shape index (κ2) is 15.3. The van der Waals surface area contributed by atoms with Crippen molar-refractivity contribution in [3.8, 4) is 0 Å². The van der Waals surface area contributed by atoms with Crippen LogP contribution < -0.4 is 10.6 Å². The van der Waals surface area contributed by atoms with Crippen molar-refractivity contribution in [3.63, 3.8) is 0 Å². The predicted molar refractivity (Wildman–Crippen MR) is 171 cm³/mol. The van der Waals surface area contributed by atoms with Crippen LogP contribution in [0.2, 0.25) is 18.1 Å². The number of Topliss-reactive ketones (excluding diaryl/α,β-unsaturated/α-hetero) is 1. The quantitative estimate of drug-likeness (QED) is 0.190.